The van der Waals surface area contributed by atoms with Crippen molar-refractivity contribution >= 4 is 11.8 Å². The van der Waals surface area contributed by atoms with Crippen LogP contribution in [0, 0.1) is 12.3 Å². The van der Waals surface area contributed by atoms with Gasteiger partial charge in [-0.3, -0.25) is 5.41 Å². The molecule has 104 valence electrons. The monoisotopic (exact) mass is 269 g/mol. The fourth-order valence-corrected chi connectivity index (χ4v) is 2.70. The second kappa shape index (κ2) is 5.00. The molecule has 0 atom stereocenters. The molecule has 1 aromatic heterocycles. The first kappa shape index (κ1) is 12.7. The van der Waals surface area contributed by atoms with Crippen LogP contribution >= 0.6 is 0 Å². The van der Waals surface area contributed by atoms with Gasteiger partial charge >= 0.3 is 0 Å². The number of nitrogens with one attached hydrogen (secondary N) is 2. The molecule has 0 amide bonds. The topological polar surface area (TPSA) is 79.7 Å². The van der Waals surface area contributed by atoms with E-state index in [1.54, 1.807) is 0 Å². The molecule has 2 heterocycles. The molecule has 20 heavy (non-hydrogen) atoms. The van der Waals surface area contributed by atoms with E-state index in [1.807, 2.05) is 6.07 Å². The second-order valence-electron chi connectivity index (χ2n) is 5.23. The molecule has 0 unspecified atom stereocenters. The predicted molar refractivity (Wildman–Crippen MR) is 81.1 cm³/mol. The van der Waals surface area contributed by atoms with Gasteiger partial charge < -0.3 is 11.1 Å². The van der Waals surface area contributed by atoms with Crippen LogP contribution < -0.4 is 11.1 Å². The molecule has 0 spiro atoms. The van der Waals surface area contributed by atoms with E-state index in [-0.39, 0.29) is 5.96 Å². The summed E-state index contributed by atoms with van der Waals surface area (Å²) in [6.07, 6.45) is 3.22. The SMILES string of the molecule is Cc1cccc(-c2nn(C(=N)N)c3c2CCCCN3)c1. The summed E-state index contributed by atoms with van der Waals surface area (Å²) in [7, 11) is 0. The minimum absolute atomic E-state index is 0.0467. The van der Waals surface area contributed by atoms with Crippen LogP contribution in [0.1, 0.15) is 24.0 Å². The van der Waals surface area contributed by atoms with Gasteiger partial charge in [-0.1, -0.05) is 23.8 Å². The fourth-order valence-electron chi connectivity index (χ4n) is 2.70. The first-order chi connectivity index (χ1) is 9.66. The van der Waals surface area contributed by atoms with Crippen molar-refractivity contribution in [3.63, 3.8) is 0 Å². The number of hydrogen-bond acceptors (Lipinski definition) is 3. The summed E-state index contributed by atoms with van der Waals surface area (Å²) in [4.78, 5) is 0. The Morgan fingerprint density at radius 3 is 3.00 bits per heavy atom. The Kier molecular flexibility index (Phi) is 3.18. The molecule has 0 fully saturated rings. The molecular formula is C15H19N5. The van der Waals surface area contributed by atoms with Crippen molar-refractivity contribution in [1.82, 2.24) is 9.78 Å². The number of nitrogens with two attached hydrogens (primary N) is 1. The van der Waals surface area contributed by atoms with Crippen molar-refractivity contribution in [2.24, 2.45) is 5.73 Å². The van der Waals surface area contributed by atoms with Gasteiger partial charge in [-0.15, -0.1) is 0 Å². The molecule has 5 heteroatoms. The van der Waals surface area contributed by atoms with Gasteiger partial charge in [-0.25, -0.2) is 0 Å². The van der Waals surface area contributed by atoms with Gasteiger partial charge in [0.25, 0.3) is 0 Å². The lowest BCUT2D eigenvalue weighted by Gasteiger charge is -2.06. The normalized spacial score (nSPS) is 14.2. The zero-order chi connectivity index (χ0) is 14.1. The van der Waals surface area contributed by atoms with Crippen molar-refractivity contribution in [3.05, 3.63) is 35.4 Å². The van der Waals surface area contributed by atoms with Crippen molar-refractivity contribution in [2.75, 3.05) is 11.9 Å². The maximum atomic E-state index is 7.70. The Labute approximate surface area is 118 Å². The van der Waals surface area contributed by atoms with Gasteiger partial charge in [0.05, 0.1) is 5.69 Å². The van der Waals surface area contributed by atoms with E-state index in [0.717, 1.165) is 42.9 Å². The number of nitrogens with zero attached hydrogens (tertiary/aromatic N) is 2. The maximum absolute atomic E-state index is 7.70. The van der Waals surface area contributed by atoms with Gasteiger partial charge in [-0.2, -0.15) is 9.78 Å². The van der Waals surface area contributed by atoms with E-state index < -0.39 is 0 Å². The molecule has 0 bridgehead atoms. The third-order valence-corrected chi connectivity index (χ3v) is 3.65. The summed E-state index contributed by atoms with van der Waals surface area (Å²) >= 11 is 0. The summed E-state index contributed by atoms with van der Waals surface area (Å²) in [5.74, 6) is 0.834. The minimum atomic E-state index is -0.0467. The van der Waals surface area contributed by atoms with Crippen LogP contribution in [-0.4, -0.2) is 22.3 Å². The number of aryl methyl sites for hydroxylation is 1. The number of aromatic nitrogens is 2. The van der Waals surface area contributed by atoms with E-state index in [1.165, 1.54) is 15.8 Å². The molecule has 1 aromatic carbocycles. The molecule has 1 aliphatic rings. The molecule has 3 rings (SSSR count). The zero-order valence-electron chi connectivity index (χ0n) is 11.6. The number of anilines is 1. The quantitative estimate of drug-likeness (QED) is 0.549. The highest BCUT2D eigenvalue weighted by molar-refractivity contribution is 5.84. The van der Waals surface area contributed by atoms with Crippen molar-refractivity contribution < 1.29 is 0 Å². The van der Waals surface area contributed by atoms with Crippen LogP contribution in [0.4, 0.5) is 5.82 Å². The average molecular weight is 269 g/mol. The molecule has 0 radical (unpaired) electrons. The molecular weight excluding hydrogens is 250 g/mol. The smallest absolute Gasteiger partial charge is 0.215 e. The molecule has 5 nitrogen and oxygen atoms in total. The Morgan fingerprint density at radius 1 is 1.40 bits per heavy atom. The van der Waals surface area contributed by atoms with Gasteiger partial charge in [0.1, 0.15) is 5.82 Å². The minimum Gasteiger partial charge on any atom is -0.370 e. The number of fused-ring (bicyclic) bond motifs is 1. The third kappa shape index (κ3) is 2.15. The second-order valence-corrected chi connectivity index (χ2v) is 5.23. The zero-order valence-corrected chi connectivity index (χ0v) is 11.6. The van der Waals surface area contributed by atoms with Crippen molar-refractivity contribution in [3.8, 4) is 11.3 Å². The van der Waals surface area contributed by atoms with Gasteiger partial charge in [0.2, 0.25) is 5.96 Å². The summed E-state index contributed by atoms with van der Waals surface area (Å²) < 4.78 is 1.51. The van der Waals surface area contributed by atoms with Crippen LogP contribution in [0.2, 0.25) is 0 Å². The van der Waals surface area contributed by atoms with Crippen LogP contribution in [0.25, 0.3) is 11.3 Å². The van der Waals surface area contributed by atoms with E-state index in [0.29, 0.717) is 0 Å². The summed E-state index contributed by atoms with van der Waals surface area (Å²) in [5, 5.41) is 15.6. The van der Waals surface area contributed by atoms with Gasteiger partial charge in [0.15, 0.2) is 0 Å². The molecule has 4 N–H and O–H groups in total. The summed E-state index contributed by atoms with van der Waals surface area (Å²) in [6, 6.07) is 8.29. The fraction of sp³-hybridized carbons (Fsp3) is 0.333. The van der Waals surface area contributed by atoms with E-state index in [9.17, 15) is 0 Å². The van der Waals surface area contributed by atoms with Crippen LogP contribution in [0.15, 0.2) is 24.3 Å². The lowest BCUT2D eigenvalue weighted by atomic mass is 10.0. The van der Waals surface area contributed by atoms with E-state index in [2.05, 4.69) is 35.5 Å². The Bertz CT molecular complexity index is 656. The largest absolute Gasteiger partial charge is 0.370 e. The number of nitrogen functional groups attached to an aromatic ring is 1. The number of hydrogen-bond donors (Lipinski definition) is 3. The lowest BCUT2D eigenvalue weighted by Crippen LogP contribution is -2.24. The maximum Gasteiger partial charge on any atom is 0.215 e. The van der Waals surface area contributed by atoms with E-state index >= 15 is 0 Å². The van der Waals surface area contributed by atoms with Crippen LogP contribution in [-0.2, 0) is 6.42 Å². The summed E-state index contributed by atoms with van der Waals surface area (Å²) in [5.41, 5.74) is 10.1. The highest BCUT2D eigenvalue weighted by atomic mass is 15.4. The van der Waals surface area contributed by atoms with Crippen molar-refractivity contribution in [2.45, 2.75) is 26.2 Å². The molecule has 0 aliphatic carbocycles. The first-order valence-electron chi connectivity index (χ1n) is 6.94. The van der Waals surface area contributed by atoms with Crippen LogP contribution in [0.3, 0.4) is 0 Å². The molecule has 2 aromatic rings. The predicted octanol–water partition coefficient (Wildman–Crippen LogP) is 2.35. The molecule has 0 saturated heterocycles. The lowest BCUT2D eigenvalue weighted by molar-refractivity contribution is 0.781. The van der Waals surface area contributed by atoms with Gasteiger partial charge in [0, 0.05) is 17.7 Å². The number of benzene rings is 1. The highest BCUT2D eigenvalue weighted by Crippen LogP contribution is 2.32. The number of rotatable bonds is 1. The Morgan fingerprint density at radius 2 is 2.25 bits per heavy atom. The summed E-state index contributed by atoms with van der Waals surface area (Å²) in [6.45, 7) is 2.97. The average Bonchev–Trinajstić information content (AvgIpc) is 2.61. The first-order valence-corrected chi connectivity index (χ1v) is 6.94. The van der Waals surface area contributed by atoms with E-state index in [4.69, 9.17) is 11.1 Å². The Hall–Kier alpha value is -2.30. The Balaban J connectivity index is 2.18. The standard InChI is InChI=1S/C15H19N5/c1-10-5-4-6-11(9-10)13-12-7-2-3-8-18-14(12)20(19-13)15(16)17/h4-6,9,18H,2-3,7-8H2,1H3,(H3,16,17). The third-order valence-electron chi connectivity index (χ3n) is 3.65. The highest BCUT2D eigenvalue weighted by Gasteiger charge is 2.21. The molecule has 0 saturated carbocycles. The molecule has 1 aliphatic heterocycles. The van der Waals surface area contributed by atoms with Crippen molar-refractivity contribution in [1.29, 1.82) is 5.41 Å². The van der Waals surface area contributed by atoms with Crippen LogP contribution in [0.5, 0.6) is 0 Å². The van der Waals surface area contributed by atoms with Gasteiger partial charge in [-0.05, 0) is 32.3 Å².